The molecular formula is C17H22ClN2O4-. The van der Waals surface area contributed by atoms with E-state index in [1.165, 1.54) is 6.07 Å². The van der Waals surface area contributed by atoms with Gasteiger partial charge in [0.15, 0.2) is 0 Å². The van der Waals surface area contributed by atoms with Crippen LogP contribution in [0.15, 0.2) is 24.3 Å². The maximum Gasteiger partial charge on any atom is 0.271 e. The zero-order valence-electron chi connectivity index (χ0n) is 13.8. The molecule has 2 N–H and O–H groups in total. The predicted molar refractivity (Wildman–Crippen MR) is 88.9 cm³/mol. The van der Waals surface area contributed by atoms with Gasteiger partial charge in [-0.15, -0.1) is 0 Å². The minimum Gasteiger partial charge on any atom is -0.550 e. The lowest BCUT2D eigenvalue weighted by atomic mass is 9.87. The van der Waals surface area contributed by atoms with E-state index in [0.717, 1.165) is 12.8 Å². The number of unbranched alkanes of at least 4 members (excludes halogenated alkanes) is 1. The van der Waals surface area contributed by atoms with Gasteiger partial charge in [0.2, 0.25) is 5.91 Å². The van der Waals surface area contributed by atoms with Gasteiger partial charge in [-0.05, 0) is 24.5 Å². The van der Waals surface area contributed by atoms with E-state index in [1.807, 2.05) is 6.92 Å². The summed E-state index contributed by atoms with van der Waals surface area (Å²) >= 11 is 5.90. The smallest absolute Gasteiger partial charge is 0.271 e. The van der Waals surface area contributed by atoms with Gasteiger partial charge in [-0.3, -0.25) is 20.4 Å². The van der Waals surface area contributed by atoms with Crippen LogP contribution in [0.4, 0.5) is 0 Å². The van der Waals surface area contributed by atoms with E-state index in [-0.39, 0.29) is 17.0 Å². The molecule has 2 atom stereocenters. The Bertz CT molecular complexity index is 592. The fourth-order valence-electron chi connectivity index (χ4n) is 2.38. The molecule has 132 valence electrons. The molecule has 0 radical (unpaired) electrons. The van der Waals surface area contributed by atoms with Crippen LogP contribution >= 0.6 is 11.6 Å². The van der Waals surface area contributed by atoms with Crippen molar-refractivity contribution in [2.75, 3.05) is 0 Å². The summed E-state index contributed by atoms with van der Waals surface area (Å²) in [5.74, 6) is -3.23. The number of benzene rings is 1. The number of hydrogen-bond donors (Lipinski definition) is 2. The van der Waals surface area contributed by atoms with Crippen molar-refractivity contribution in [3.63, 3.8) is 0 Å². The fourth-order valence-corrected chi connectivity index (χ4v) is 2.61. The molecule has 1 rings (SSSR count). The first-order chi connectivity index (χ1) is 11.4. The summed E-state index contributed by atoms with van der Waals surface area (Å²) < 4.78 is 0. The summed E-state index contributed by atoms with van der Waals surface area (Å²) in [5, 5.41) is 11.5. The highest BCUT2D eigenvalue weighted by atomic mass is 35.5. The maximum atomic E-state index is 11.9. The Morgan fingerprint density at radius 3 is 2.46 bits per heavy atom. The summed E-state index contributed by atoms with van der Waals surface area (Å²) in [4.78, 5) is 35.0. The first kappa shape index (κ1) is 20.0. The molecule has 2 amide bonds. The molecule has 0 unspecified atom stereocenters. The number of nitrogens with one attached hydrogen (secondary N) is 2. The number of carboxylic acids is 1. The average Bonchev–Trinajstić information content (AvgIpc) is 2.53. The molecular weight excluding hydrogens is 332 g/mol. The number of carboxylic acid groups (broad SMARTS) is 1. The SMILES string of the molecule is CCCC[C@H](C(=O)[O-])[C@@H](C)CC(=O)NNC(=O)c1ccccc1Cl. The number of amides is 2. The molecule has 0 aliphatic heterocycles. The summed E-state index contributed by atoms with van der Waals surface area (Å²) in [6.07, 6.45) is 2.08. The number of halogens is 1. The van der Waals surface area contributed by atoms with E-state index >= 15 is 0 Å². The molecule has 6 nitrogen and oxygen atoms in total. The molecule has 0 aliphatic rings. The van der Waals surface area contributed by atoms with Crippen molar-refractivity contribution in [1.82, 2.24) is 10.9 Å². The Morgan fingerprint density at radius 2 is 1.88 bits per heavy atom. The van der Waals surface area contributed by atoms with Crippen molar-refractivity contribution >= 4 is 29.4 Å². The second kappa shape index (κ2) is 9.93. The minimum absolute atomic E-state index is 0.0227. The van der Waals surface area contributed by atoms with Crippen molar-refractivity contribution in [1.29, 1.82) is 0 Å². The normalized spacial score (nSPS) is 13.0. The van der Waals surface area contributed by atoms with Gasteiger partial charge in [-0.2, -0.15) is 0 Å². The van der Waals surface area contributed by atoms with Crippen LogP contribution in [0.3, 0.4) is 0 Å². The zero-order chi connectivity index (χ0) is 18.1. The maximum absolute atomic E-state index is 11.9. The van der Waals surface area contributed by atoms with Gasteiger partial charge in [-0.1, -0.05) is 50.4 Å². The van der Waals surface area contributed by atoms with Crippen LogP contribution in [-0.2, 0) is 9.59 Å². The molecule has 0 aliphatic carbocycles. The third-order valence-electron chi connectivity index (χ3n) is 3.80. The standard InChI is InChI=1S/C17H23ClN2O4/c1-3-4-7-12(17(23)24)11(2)10-15(21)19-20-16(22)13-8-5-6-9-14(13)18/h5-6,8-9,11-12H,3-4,7,10H2,1-2H3,(H,19,21)(H,20,22)(H,23,24)/p-1/t11-,12-/m0/s1. The first-order valence-electron chi connectivity index (χ1n) is 7.91. The highest BCUT2D eigenvalue weighted by Gasteiger charge is 2.21. The summed E-state index contributed by atoms with van der Waals surface area (Å²) in [5.41, 5.74) is 4.79. The topological polar surface area (TPSA) is 98.3 Å². The van der Waals surface area contributed by atoms with E-state index in [1.54, 1.807) is 25.1 Å². The fraction of sp³-hybridized carbons (Fsp3) is 0.471. The van der Waals surface area contributed by atoms with Crippen LogP contribution in [0.5, 0.6) is 0 Å². The highest BCUT2D eigenvalue weighted by Crippen LogP contribution is 2.21. The van der Waals surface area contributed by atoms with Crippen LogP contribution in [0, 0.1) is 11.8 Å². The molecule has 1 aromatic rings. The molecule has 0 spiro atoms. The van der Waals surface area contributed by atoms with Gasteiger partial charge in [0.25, 0.3) is 5.91 Å². The van der Waals surface area contributed by atoms with E-state index in [2.05, 4.69) is 10.9 Å². The van der Waals surface area contributed by atoms with Gasteiger partial charge < -0.3 is 9.90 Å². The van der Waals surface area contributed by atoms with Crippen molar-refractivity contribution in [3.05, 3.63) is 34.9 Å². The second-order valence-corrected chi connectivity index (χ2v) is 6.14. The molecule has 0 saturated carbocycles. The summed E-state index contributed by atoms with van der Waals surface area (Å²) in [6.45, 7) is 3.65. The van der Waals surface area contributed by atoms with Crippen LogP contribution in [-0.4, -0.2) is 17.8 Å². The Morgan fingerprint density at radius 1 is 1.21 bits per heavy atom. The lowest BCUT2D eigenvalue weighted by molar-refractivity contribution is -0.313. The van der Waals surface area contributed by atoms with E-state index in [4.69, 9.17) is 11.6 Å². The Labute approximate surface area is 146 Å². The molecule has 24 heavy (non-hydrogen) atoms. The molecule has 0 aromatic heterocycles. The third-order valence-corrected chi connectivity index (χ3v) is 4.13. The van der Waals surface area contributed by atoms with Gasteiger partial charge in [-0.25, -0.2) is 0 Å². The van der Waals surface area contributed by atoms with E-state index in [0.29, 0.717) is 6.42 Å². The third kappa shape index (κ3) is 6.20. The molecule has 0 saturated heterocycles. The quantitative estimate of drug-likeness (QED) is 0.695. The Hall–Kier alpha value is -2.08. The Balaban J connectivity index is 2.51. The molecule has 0 bridgehead atoms. The number of hydrogen-bond acceptors (Lipinski definition) is 4. The second-order valence-electron chi connectivity index (χ2n) is 5.73. The minimum atomic E-state index is -1.15. The molecule has 0 fully saturated rings. The van der Waals surface area contributed by atoms with Gasteiger partial charge in [0.05, 0.1) is 10.6 Å². The number of carbonyl (C=O) groups is 3. The van der Waals surface area contributed by atoms with Crippen LogP contribution in [0.1, 0.15) is 49.9 Å². The monoisotopic (exact) mass is 353 g/mol. The van der Waals surface area contributed by atoms with Crippen molar-refractivity contribution in [2.24, 2.45) is 11.8 Å². The van der Waals surface area contributed by atoms with Gasteiger partial charge >= 0.3 is 0 Å². The molecule has 7 heteroatoms. The number of rotatable bonds is 8. The highest BCUT2D eigenvalue weighted by molar-refractivity contribution is 6.33. The van der Waals surface area contributed by atoms with Gasteiger partial charge in [0.1, 0.15) is 0 Å². The number of hydrazine groups is 1. The average molecular weight is 354 g/mol. The Kier molecular flexibility index (Phi) is 8.26. The van der Waals surface area contributed by atoms with Crippen LogP contribution < -0.4 is 16.0 Å². The van der Waals surface area contributed by atoms with Crippen molar-refractivity contribution in [3.8, 4) is 0 Å². The largest absolute Gasteiger partial charge is 0.550 e. The van der Waals surface area contributed by atoms with E-state index in [9.17, 15) is 19.5 Å². The summed E-state index contributed by atoms with van der Waals surface area (Å²) in [6, 6.07) is 6.44. The number of carbonyl (C=O) groups excluding carboxylic acids is 3. The van der Waals surface area contributed by atoms with Crippen molar-refractivity contribution < 1.29 is 19.5 Å². The predicted octanol–water partition coefficient (Wildman–Crippen LogP) is 1.68. The first-order valence-corrected chi connectivity index (χ1v) is 8.29. The number of aliphatic carboxylic acids is 1. The lowest BCUT2D eigenvalue weighted by Gasteiger charge is -2.24. The molecule has 1 aromatic carbocycles. The zero-order valence-corrected chi connectivity index (χ0v) is 14.6. The van der Waals surface area contributed by atoms with Crippen LogP contribution in [0.25, 0.3) is 0 Å². The van der Waals surface area contributed by atoms with Crippen LogP contribution in [0.2, 0.25) is 5.02 Å². The molecule has 0 heterocycles. The van der Waals surface area contributed by atoms with Gasteiger partial charge in [0, 0.05) is 18.3 Å². The lowest BCUT2D eigenvalue weighted by Crippen LogP contribution is -2.43. The van der Waals surface area contributed by atoms with Crippen molar-refractivity contribution in [2.45, 2.75) is 39.5 Å². The van der Waals surface area contributed by atoms with E-state index < -0.39 is 29.6 Å². The summed E-state index contributed by atoms with van der Waals surface area (Å²) in [7, 11) is 0.